The summed E-state index contributed by atoms with van der Waals surface area (Å²) in [6, 6.07) is 31.5. The molecule has 0 spiro atoms. The van der Waals surface area contributed by atoms with Crippen LogP contribution in [0.5, 0.6) is 0 Å². The second-order valence-corrected chi connectivity index (χ2v) is 9.86. The molecule has 0 saturated carbocycles. The second kappa shape index (κ2) is 9.15. The van der Waals surface area contributed by atoms with E-state index in [1.165, 1.54) is 32.9 Å². The van der Waals surface area contributed by atoms with Crippen LogP contribution in [0.15, 0.2) is 91.0 Å². The molecule has 0 radical (unpaired) electrons. The summed E-state index contributed by atoms with van der Waals surface area (Å²) in [6.07, 6.45) is 0. The van der Waals surface area contributed by atoms with Crippen molar-refractivity contribution < 1.29 is 4.58 Å². The Kier molecular flexibility index (Phi) is 6.10. The topological polar surface area (TPSA) is 3.01 Å². The van der Waals surface area contributed by atoms with Crippen LogP contribution < -0.4 is 0 Å². The van der Waals surface area contributed by atoms with Crippen LogP contribution in [0.2, 0.25) is 10.0 Å². The molecule has 0 atom stereocenters. The maximum Gasteiger partial charge on any atom is 0.243 e. The molecule has 0 aromatic heterocycles. The van der Waals surface area contributed by atoms with Crippen LogP contribution in [-0.4, -0.2) is 29.0 Å². The first kappa shape index (κ1) is 21.3. The normalized spacial score (nSPS) is 13.6. The van der Waals surface area contributed by atoms with E-state index in [-0.39, 0.29) is 0 Å². The molecule has 4 heteroatoms. The first-order valence-corrected chi connectivity index (χ1v) is 12.3. The van der Waals surface area contributed by atoms with E-state index in [1.54, 1.807) is 0 Å². The Morgan fingerprint density at radius 3 is 1.66 bits per heavy atom. The SMILES string of the molecule is C[N+]1=C(c2c(-c3ccc(Cl)cc3)cc(-c3ccccc3)cc2-c2ccc(Cl)cc2)SCC1. The minimum absolute atomic E-state index is 0.743. The van der Waals surface area contributed by atoms with Gasteiger partial charge in [-0.25, -0.2) is 4.58 Å². The number of rotatable bonds is 4. The largest absolute Gasteiger partial charge is 0.243 e. The van der Waals surface area contributed by atoms with Gasteiger partial charge in [-0.05, 0) is 69.8 Å². The van der Waals surface area contributed by atoms with Crippen molar-refractivity contribution in [3.05, 3.63) is 107 Å². The Labute approximate surface area is 203 Å². The third kappa shape index (κ3) is 4.23. The number of hydrogen-bond donors (Lipinski definition) is 0. The highest BCUT2D eigenvalue weighted by molar-refractivity contribution is 8.14. The van der Waals surface area contributed by atoms with Gasteiger partial charge in [-0.15, -0.1) is 0 Å². The van der Waals surface area contributed by atoms with Crippen LogP contribution >= 0.6 is 35.0 Å². The van der Waals surface area contributed by atoms with Gasteiger partial charge in [0.2, 0.25) is 5.04 Å². The lowest BCUT2D eigenvalue weighted by Crippen LogP contribution is -2.12. The van der Waals surface area contributed by atoms with Crippen molar-refractivity contribution in [2.24, 2.45) is 0 Å². The highest BCUT2D eigenvalue weighted by Gasteiger charge is 2.28. The van der Waals surface area contributed by atoms with Crippen molar-refractivity contribution in [1.29, 1.82) is 0 Å². The zero-order chi connectivity index (χ0) is 22.1. The lowest BCUT2D eigenvalue weighted by atomic mass is 9.88. The number of nitrogens with zero attached hydrogens (tertiary/aromatic N) is 1. The van der Waals surface area contributed by atoms with Gasteiger partial charge in [-0.2, -0.15) is 0 Å². The predicted molar refractivity (Wildman–Crippen MR) is 140 cm³/mol. The molecule has 1 aliphatic heterocycles. The summed E-state index contributed by atoms with van der Waals surface area (Å²) < 4.78 is 2.36. The predicted octanol–water partition coefficient (Wildman–Crippen LogP) is 8.13. The molecule has 1 aliphatic rings. The maximum atomic E-state index is 6.23. The van der Waals surface area contributed by atoms with Crippen LogP contribution in [-0.2, 0) is 0 Å². The molecule has 5 rings (SSSR count). The summed E-state index contributed by atoms with van der Waals surface area (Å²) in [4.78, 5) is 0. The lowest BCUT2D eigenvalue weighted by Gasteiger charge is -2.17. The quantitative estimate of drug-likeness (QED) is 0.269. The zero-order valence-corrected chi connectivity index (χ0v) is 20.0. The molecule has 0 fully saturated rings. The molecule has 0 bridgehead atoms. The van der Waals surface area contributed by atoms with E-state index in [9.17, 15) is 0 Å². The van der Waals surface area contributed by atoms with E-state index in [0.29, 0.717) is 0 Å². The van der Waals surface area contributed by atoms with Crippen molar-refractivity contribution in [1.82, 2.24) is 0 Å². The second-order valence-electron chi connectivity index (χ2n) is 7.90. The minimum Gasteiger partial charge on any atom is -0.226 e. The van der Waals surface area contributed by atoms with Gasteiger partial charge in [0.05, 0.1) is 11.3 Å². The number of thioether (sulfide) groups is 1. The van der Waals surface area contributed by atoms with Gasteiger partial charge in [0.15, 0.2) is 6.54 Å². The van der Waals surface area contributed by atoms with Crippen LogP contribution in [0.4, 0.5) is 0 Å². The van der Waals surface area contributed by atoms with Crippen molar-refractivity contribution in [2.75, 3.05) is 19.3 Å². The highest BCUT2D eigenvalue weighted by Crippen LogP contribution is 2.40. The Balaban J connectivity index is 1.85. The smallest absolute Gasteiger partial charge is 0.226 e. The van der Waals surface area contributed by atoms with E-state index in [0.717, 1.165) is 33.5 Å². The molecule has 4 aromatic rings. The first-order chi connectivity index (χ1) is 15.6. The summed E-state index contributed by atoms with van der Waals surface area (Å²) >= 11 is 14.4. The molecular weight excluding hydrogens is 453 g/mol. The molecule has 0 unspecified atom stereocenters. The molecule has 0 N–H and O–H groups in total. The molecule has 32 heavy (non-hydrogen) atoms. The summed E-state index contributed by atoms with van der Waals surface area (Å²) in [5.41, 5.74) is 8.39. The van der Waals surface area contributed by atoms with Crippen molar-refractivity contribution >= 4 is 40.0 Å². The Morgan fingerprint density at radius 1 is 0.656 bits per heavy atom. The fourth-order valence-electron chi connectivity index (χ4n) is 4.14. The van der Waals surface area contributed by atoms with Gasteiger partial charge in [0.1, 0.15) is 7.05 Å². The summed E-state index contributed by atoms with van der Waals surface area (Å²) in [6.45, 7) is 1.04. The zero-order valence-electron chi connectivity index (χ0n) is 17.7. The maximum absolute atomic E-state index is 6.23. The number of benzene rings is 4. The summed E-state index contributed by atoms with van der Waals surface area (Å²) in [7, 11) is 2.18. The Morgan fingerprint density at radius 2 is 1.19 bits per heavy atom. The molecule has 1 heterocycles. The average molecular weight is 475 g/mol. The van der Waals surface area contributed by atoms with Crippen molar-refractivity contribution in [3.63, 3.8) is 0 Å². The molecule has 0 amide bonds. The van der Waals surface area contributed by atoms with Gasteiger partial charge in [-0.3, -0.25) is 0 Å². The highest BCUT2D eigenvalue weighted by atomic mass is 35.5. The fourth-order valence-corrected chi connectivity index (χ4v) is 5.62. The number of halogens is 2. The van der Waals surface area contributed by atoms with Gasteiger partial charge in [-0.1, -0.05) is 89.6 Å². The lowest BCUT2D eigenvalue weighted by molar-refractivity contribution is -0.485. The number of hydrogen-bond acceptors (Lipinski definition) is 1. The van der Waals surface area contributed by atoms with Gasteiger partial charge >= 0.3 is 0 Å². The van der Waals surface area contributed by atoms with Crippen molar-refractivity contribution in [3.8, 4) is 33.4 Å². The van der Waals surface area contributed by atoms with Gasteiger partial charge in [0.25, 0.3) is 0 Å². The van der Waals surface area contributed by atoms with E-state index < -0.39 is 0 Å². The molecule has 0 aliphatic carbocycles. The van der Waals surface area contributed by atoms with E-state index in [2.05, 4.69) is 78.4 Å². The standard InChI is InChI=1S/C28H22Cl2NS/c1-31-15-16-32-28(31)27-25(20-7-11-23(29)12-8-20)17-22(19-5-3-2-4-6-19)18-26(27)21-9-13-24(30)14-10-21/h2-14,17-18H,15-16H2,1H3/q+1. The first-order valence-electron chi connectivity index (χ1n) is 10.6. The molecule has 1 nitrogen and oxygen atoms in total. The molecule has 0 saturated heterocycles. The monoisotopic (exact) mass is 474 g/mol. The molecule has 158 valence electrons. The van der Waals surface area contributed by atoms with Gasteiger partial charge in [0, 0.05) is 10.0 Å². The third-order valence-electron chi connectivity index (χ3n) is 5.78. The molecular formula is C28H22Cl2NS+. The fraction of sp³-hybridized carbons (Fsp3) is 0.107. The van der Waals surface area contributed by atoms with Gasteiger partial charge < -0.3 is 0 Å². The molecule has 4 aromatic carbocycles. The van der Waals surface area contributed by atoms with Crippen LogP contribution in [0, 0.1) is 0 Å². The van der Waals surface area contributed by atoms with Crippen molar-refractivity contribution in [2.45, 2.75) is 0 Å². The Hall–Kier alpha value is -2.52. The van der Waals surface area contributed by atoms with Crippen LogP contribution in [0.3, 0.4) is 0 Å². The minimum atomic E-state index is 0.743. The average Bonchev–Trinajstić information content (AvgIpc) is 3.25. The van der Waals surface area contributed by atoms with Crippen LogP contribution in [0.25, 0.3) is 33.4 Å². The third-order valence-corrected chi connectivity index (χ3v) is 7.46. The Bertz CT molecular complexity index is 1230. The summed E-state index contributed by atoms with van der Waals surface area (Å²) in [5.74, 6) is 1.09. The van der Waals surface area contributed by atoms with E-state index in [1.807, 2.05) is 36.0 Å². The van der Waals surface area contributed by atoms with Crippen LogP contribution in [0.1, 0.15) is 5.56 Å². The van der Waals surface area contributed by atoms with E-state index >= 15 is 0 Å². The van der Waals surface area contributed by atoms with E-state index in [4.69, 9.17) is 23.2 Å². The summed E-state index contributed by atoms with van der Waals surface area (Å²) in [5, 5.41) is 2.79.